The van der Waals surface area contributed by atoms with Crippen molar-refractivity contribution in [2.75, 3.05) is 22.9 Å². The number of guanidine groups is 1. The lowest BCUT2D eigenvalue weighted by Gasteiger charge is -2.22. The number of aromatic nitrogens is 1. The molecule has 0 spiro atoms. The summed E-state index contributed by atoms with van der Waals surface area (Å²) in [4.78, 5) is 9.44. The Morgan fingerprint density at radius 2 is 1.90 bits per heavy atom. The number of aliphatic imine (C=N–C) groups is 1. The van der Waals surface area contributed by atoms with Crippen molar-refractivity contribution < 1.29 is 4.57 Å². The number of para-hydroxylation sites is 1. The summed E-state index contributed by atoms with van der Waals surface area (Å²) in [5, 5.41) is 0. The second kappa shape index (κ2) is 4.58. The molecule has 1 aromatic heterocycles. The fraction of sp³-hybridized carbons (Fsp3) is 0.294. The van der Waals surface area contributed by atoms with Crippen LogP contribution in [-0.2, 0) is 7.05 Å². The van der Waals surface area contributed by atoms with Gasteiger partial charge in [-0.3, -0.25) is 4.90 Å². The van der Waals surface area contributed by atoms with Gasteiger partial charge in [-0.25, -0.2) is 9.56 Å². The highest BCUT2D eigenvalue weighted by Gasteiger charge is 2.44. The third-order valence-corrected chi connectivity index (χ3v) is 4.22. The predicted molar refractivity (Wildman–Crippen MR) is 85.2 cm³/mol. The summed E-state index contributed by atoms with van der Waals surface area (Å²) in [6.45, 7) is 4.11. The number of rotatable bonds is 1. The van der Waals surface area contributed by atoms with Gasteiger partial charge in [0, 0.05) is 13.1 Å². The van der Waals surface area contributed by atoms with Crippen molar-refractivity contribution in [3.63, 3.8) is 0 Å². The van der Waals surface area contributed by atoms with Crippen molar-refractivity contribution in [3.05, 3.63) is 48.2 Å². The maximum atomic E-state index is 4.80. The first-order valence-electron chi connectivity index (χ1n) is 7.44. The summed E-state index contributed by atoms with van der Waals surface area (Å²) in [5.41, 5.74) is 3.73. The van der Waals surface area contributed by atoms with Crippen molar-refractivity contribution >= 4 is 23.2 Å². The van der Waals surface area contributed by atoms with Gasteiger partial charge in [-0.1, -0.05) is 18.2 Å². The highest BCUT2D eigenvalue weighted by Crippen LogP contribution is 2.41. The standard InChI is InChI=1S/C17H19N4/c1-13-7-3-4-8-14(13)21-16-15(9-5-11-19(16)2)20-12-6-10-18-17(20)21/h3-5,7-9,11H,6,10,12H2,1-2H3/q+1. The highest BCUT2D eigenvalue weighted by atomic mass is 15.5. The summed E-state index contributed by atoms with van der Waals surface area (Å²) < 4.78 is 2.18. The first-order chi connectivity index (χ1) is 10.3. The fourth-order valence-electron chi connectivity index (χ4n) is 3.22. The Kier molecular flexibility index (Phi) is 2.70. The van der Waals surface area contributed by atoms with E-state index in [1.165, 1.54) is 22.8 Å². The van der Waals surface area contributed by atoms with E-state index in [0.29, 0.717) is 0 Å². The number of nitrogens with zero attached hydrogens (tertiary/aromatic N) is 4. The van der Waals surface area contributed by atoms with Crippen LogP contribution >= 0.6 is 0 Å². The Morgan fingerprint density at radius 3 is 2.76 bits per heavy atom. The van der Waals surface area contributed by atoms with Gasteiger partial charge in [-0.2, -0.15) is 4.90 Å². The Balaban J connectivity index is 1.98. The average molecular weight is 279 g/mol. The molecule has 2 aliphatic heterocycles. The van der Waals surface area contributed by atoms with Crippen molar-refractivity contribution in [3.8, 4) is 0 Å². The molecule has 0 unspecified atom stereocenters. The number of hydrogen-bond acceptors (Lipinski definition) is 3. The molecule has 21 heavy (non-hydrogen) atoms. The van der Waals surface area contributed by atoms with Gasteiger partial charge < -0.3 is 0 Å². The van der Waals surface area contributed by atoms with Crippen molar-refractivity contribution in [2.24, 2.45) is 12.0 Å². The summed E-state index contributed by atoms with van der Waals surface area (Å²) in [7, 11) is 2.10. The van der Waals surface area contributed by atoms with Gasteiger partial charge >= 0.3 is 11.8 Å². The minimum atomic E-state index is 0.909. The Morgan fingerprint density at radius 1 is 1.10 bits per heavy atom. The van der Waals surface area contributed by atoms with Gasteiger partial charge in [-0.05, 0) is 37.1 Å². The molecule has 2 aliphatic rings. The molecule has 4 rings (SSSR count). The Labute approximate surface area is 125 Å². The number of benzene rings is 1. The van der Waals surface area contributed by atoms with E-state index in [1.54, 1.807) is 0 Å². The summed E-state index contributed by atoms with van der Waals surface area (Å²) in [6, 6.07) is 12.8. The van der Waals surface area contributed by atoms with Crippen LogP contribution in [-0.4, -0.2) is 19.0 Å². The number of pyridine rings is 1. The second-order valence-corrected chi connectivity index (χ2v) is 5.64. The minimum absolute atomic E-state index is 0.909. The molecule has 4 heteroatoms. The Bertz CT molecular complexity index is 735. The molecule has 0 aliphatic carbocycles. The summed E-state index contributed by atoms with van der Waals surface area (Å²) in [6.07, 6.45) is 3.21. The number of anilines is 3. The fourth-order valence-corrected chi connectivity index (χ4v) is 3.22. The van der Waals surface area contributed by atoms with Crippen LogP contribution in [0, 0.1) is 6.92 Å². The molecule has 0 fully saturated rings. The van der Waals surface area contributed by atoms with Crippen LogP contribution in [0.5, 0.6) is 0 Å². The van der Waals surface area contributed by atoms with E-state index in [9.17, 15) is 0 Å². The van der Waals surface area contributed by atoms with E-state index in [4.69, 9.17) is 4.99 Å². The van der Waals surface area contributed by atoms with E-state index in [2.05, 4.69) is 70.9 Å². The molecule has 3 heterocycles. The third kappa shape index (κ3) is 1.75. The van der Waals surface area contributed by atoms with Crippen LogP contribution in [0.2, 0.25) is 0 Å². The quantitative estimate of drug-likeness (QED) is 0.749. The van der Waals surface area contributed by atoms with E-state index in [0.717, 1.165) is 25.5 Å². The number of aryl methyl sites for hydroxylation is 2. The van der Waals surface area contributed by atoms with Crippen LogP contribution in [0.1, 0.15) is 12.0 Å². The second-order valence-electron chi connectivity index (χ2n) is 5.64. The first-order valence-corrected chi connectivity index (χ1v) is 7.44. The number of hydrogen-bond donors (Lipinski definition) is 0. The molecule has 0 saturated carbocycles. The van der Waals surface area contributed by atoms with Gasteiger partial charge in [0.1, 0.15) is 11.4 Å². The van der Waals surface area contributed by atoms with E-state index < -0.39 is 0 Å². The zero-order chi connectivity index (χ0) is 14.4. The van der Waals surface area contributed by atoms with E-state index >= 15 is 0 Å². The maximum Gasteiger partial charge on any atom is 0.313 e. The van der Waals surface area contributed by atoms with Gasteiger partial charge in [0.05, 0.1) is 13.2 Å². The lowest BCUT2D eigenvalue weighted by molar-refractivity contribution is -0.657. The molecule has 1 aromatic carbocycles. The lowest BCUT2D eigenvalue weighted by Crippen LogP contribution is -2.42. The van der Waals surface area contributed by atoms with E-state index in [1.807, 2.05) is 0 Å². The molecule has 0 N–H and O–H groups in total. The van der Waals surface area contributed by atoms with E-state index in [-0.39, 0.29) is 0 Å². The van der Waals surface area contributed by atoms with Crippen LogP contribution in [0.15, 0.2) is 47.6 Å². The monoisotopic (exact) mass is 279 g/mol. The Hall–Kier alpha value is -2.36. The normalized spacial score (nSPS) is 16.6. The topological polar surface area (TPSA) is 22.7 Å². The molecule has 0 atom stereocenters. The molecule has 2 aromatic rings. The third-order valence-electron chi connectivity index (χ3n) is 4.22. The van der Waals surface area contributed by atoms with Crippen molar-refractivity contribution in [1.29, 1.82) is 0 Å². The van der Waals surface area contributed by atoms with Crippen LogP contribution in [0.25, 0.3) is 0 Å². The van der Waals surface area contributed by atoms with Crippen molar-refractivity contribution in [2.45, 2.75) is 13.3 Å². The van der Waals surface area contributed by atoms with Crippen LogP contribution in [0.4, 0.5) is 17.2 Å². The zero-order valence-corrected chi connectivity index (χ0v) is 12.5. The molecule has 4 nitrogen and oxygen atoms in total. The van der Waals surface area contributed by atoms with Crippen LogP contribution in [0.3, 0.4) is 0 Å². The molecule has 106 valence electrons. The first kappa shape index (κ1) is 12.4. The minimum Gasteiger partial charge on any atom is -0.285 e. The van der Waals surface area contributed by atoms with Crippen molar-refractivity contribution in [1.82, 2.24) is 0 Å². The molecule has 0 saturated heterocycles. The zero-order valence-electron chi connectivity index (χ0n) is 12.5. The molecule has 0 bridgehead atoms. The lowest BCUT2D eigenvalue weighted by atomic mass is 10.2. The predicted octanol–water partition coefficient (Wildman–Crippen LogP) is 2.54. The van der Waals surface area contributed by atoms with Gasteiger partial charge in [0.25, 0.3) is 0 Å². The van der Waals surface area contributed by atoms with Gasteiger partial charge in [-0.15, -0.1) is 0 Å². The SMILES string of the molecule is Cc1ccccc1N1C2=NCCCN2c2ccc[n+](C)c21. The molecule has 0 radical (unpaired) electrons. The molecular formula is C17H19N4+. The van der Waals surface area contributed by atoms with Gasteiger partial charge in [0.15, 0.2) is 0 Å². The highest BCUT2D eigenvalue weighted by molar-refractivity contribution is 6.19. The van der Waals surface area contributed by atoms with Crippen LogP contribution < -0.4 is 14.4 Å². The largest absolute Gasteiger partial charge is 0.313 e. The summed E-state index contributed by atoms with van der Waals surface area (Å²) in [5.74, 6) is 2.26. The molecule has 0 amide bonds. The average Bonchev–Trinajstić information content (AvgIpc) is 2.84. The molecular weight excluding hydrogens is 260 g/mol. The smallest absolute Gasteiger partial charge is 0.285 e. The number of fused-ring (bicyclic) bond motifs is 3. The maximum absolute atomic E-state index is 4.80. The summed E-state index contributed by atoms with van der Waals surface area (Å²) >= 11 is 0. The van der Waals surface area contributed by atoms with Gasteiger partial charge in [0.2, 0.25) is 0 Å².